The highest BCUT2D eigenvalue weighted by Crippen LogP contribution is 2.17. The van der Waals surface area contributed by atoms with Crippen LogP contribution in [0.2, 0.25) is 0 Å². The van der Waals surface area contributed by atoms with Crippen LogP contribution in [0.1, 0.15) is 28.4 Å². The summed E-state index contributed by atoms with van der Waals surface area (Å²) in [6, 6.07) is 11.3. The van der Waals surface area contributed by atoms with Gasteiger partial charge in [0.25, 0.3) is 0 Å². The fourth-order valence-electron chi connectivity index (χ4n) is 1.88. The van der Waals surface area contributed by atoms with Gasteiger partial charge < -0.3 is 5.32 Å². The van der Waals surface area contributed by atoms with Crippen molar-refractivity contribution in [1.29, 1.82) is 0 Å². The van der Waals surface area contributed by atoms with Crippen LogP contribution in [0, 0.1) is 0 Å². The summed E-state index contributed by atoms with van der Waals surface area (Å²) in [7, 11) is 1.77. The Morgan fingerprint density at radius 3 is 2.83 bits per heavy atom. The molecule has 0 spiro atoms. The Hall–Kier alpha value is -2.16. The molecule has 0 saturated heterocycles. The number of carbonyl (C=O) groups excluding carboxylic acids is 1. The van der Waals surface area contributed by atoms with Gasteiger partial charge in [0, 0.05) is 18.8 Å². The molecule has 0 aliphatic heterocycles. The van der Waals surface area contributed by atoms with Crippen LogP contribution in [-0.4, -0.2) is 17.8 Å². The molecule has 2 rings (SSSR count). The first-order chi connectivity index (χ1) is 8.76. The van der Waals surface area contributed by atoms with E-state index < -0.39 is 0 Å². The lowest BCUT2D eigenvalue weighted by Gasteiger charge is -2.07. The van der Waals surface area contributed by atoms with E-state index in [1.54, 1.807) is 25.4 Å². The zero-order chi connectivity index (χ0) is 13.0. The molecule has 0 fully saturated rings. The fraction of sp³-hybridized carbons (Fsp3) is 0.200. The molecule has 1 N–H and O–H groups in total. The zero-order valence-corrected chi connectivity index (χ0v) is 10.6. The first-order valence-corrected chi connectivity index (χ1v) is 6.02. The molecule has 92 valence electrons. The average molecular weight is 240 g/mol. The highest BCUT2D eigenvalue weighted by Gasteiger charge is 2.13. The maximum atomic E-state index is 12.4. The van der Waals surface area contributed by atoms with Gasteiger partial charge in [0.1, 0.15) is 5.82 Å². The third kappa shape index (κ3) is 2.40. The molecule has 1 aromatic carbocycles. The Morgan fingerprint density at radius 1 is 1.28 bits per heavy atom. The van der Waals surface area contributed by atoms with Crippen molar-refractivity contribution in [3.63, 3.8) is 0 Å². The third-order valence-electron chi connectivity index (χ3n) is 2.89. The fourth-order valence-corrected chi connectivity index (χ4v) is 1.88. The molecule has 0 aliphatic carbocycles. The molecule has 2 aromatic rings. The Bertz CT molecular complexity index is 564. The van der Waals surface area contributed by atoms with Crippen molar-refractivity contribution < 1.29 is 4.79 Å². The molecular formula is C15H16N2O. The van der Waals surface area contributed by atoms with E-state index in [1.165, 1.54) is 0 Å². The molecule has 0 saturated carbocycles. The van der Waals surface area contributed by atoms with Gasteiger partial charge >= 0.3 is 0 Å². The number of hydrogen-bond acceptors (Lipinski definition) is 3. The van der Waals surface area contributed by atoms with Crippen LogP contribution in [0.4, 0.5) is 5.82 Å². The highest BCUT2D eigenvalue weighted by atomic mass is 16.1. The van der Waals surface area contributed by atoms with Crippen molar-refractivity contribution in [1.82, 2.24) is 4.98 Å². The number of benzene rings is 1. The number of nitrogens with one attached hydrogen (secondary N) is 1. The van der Waals surface area contributed by atoms with Crippen LogP contribution < -0.4 is 5.32 Å². The van der Waals surface area contributed by atoms with Crippen LogP contribution in [0.25, 0.3) is 0 Å². The number of rotatable bonds is 4. The largest absolute Gasteiger partial charge is 0.373 e. The van der Waals surface area contributed by atoms with E-state index in [0.29, 0.717) is 16.9 Å². The normalized spacial score (nSPS) is 10.1. The Morgan fingerprint density at radius 2 is 2.11 bits per heavy atom. The van der Waals surface area contributed by atoms with E-state index >= 15 is 0 Å². The minimum atomic E-state index is 0.00255. The van der Waals surface area contributed by atoms with Crippen molar-refractivity contribution in [2.75, 3.05) is 12.4 Å². The summed E-state index contributed by atoms with van der Waals surface area (Å²) in [5.74, 6) is 0.618. The standard InChI is InChI=1S/C15H16N2O/c1-3-11-6-4-7-12(10-11)14(18)13-8-5-9-17-15(13)16-2/h4-10H,3H2,1-2H3,(H,16,17). The second-order valence-corrected chi connectivity index (χ2v) is 4.03. The molecule has 1 aromatic heterocycles. The van der Waals surface area contributed by atoms with Crippen molar-refractivity contribution in [3.05, 3.63) is 59.3 Å². The van der Waals surface area contributed by atoms with Crippen LogP contribution in [0.5, 0.6) is 0 Å². The lowest BCUT2D eigenvalue weighted by atomic mass is 10.0. The van der Waals surface area contributed by atoms with Gasteiger partial charge in [0.2, 0.25) is 0 Å². The molecule has 0 bridgehead atoms. The predicted octanol–water partition coefficient (Wildman–Crippen LogP) is 2.92. The van der Waals surface area contributed by atoms with Gasteiger partial charge in [-0.3, -0.25) is 4.79 Å². The number of aromatic nitrogens is 1. The first-order valence-electron chi connectivity index (χ1n) is 6.02. The number of ketones is 1. The number of anilines is 1. The maximum Gasteiger partial charge on any atom is 0.196 e. The quantitative estimate of drug-likeness (QED) is 0.835. The van der Waals surface area contributed by atoms with Gasteiger partial charge in [-0.15, -0.1) is 0 Å². The van der Waals surface area contributed by atoms with Crippen LogP contribution in [-0.2, 0) is 6.42 Å². The van der Waals surface area contributed by atoms with E-state index in [1.807, 2.05) is 24.3 Å². The third-order valence-corrected chi connectivity index (χ3v) is 2.89. The summed E-state index contributed by atoms with van der Waals surface area (Å²) in [4.78, 5) is 16.6. The molecule has 0 aliphatic rings. The molecule has 0 radical (unpaired) electrons. The summed E-state index contributed by atoms with van der Waals surface area (Å²) in [5, 5.41) is 2.94. The van der Waals surface area contributed by atoms with E-state index in [0.717, 1.165) is 12.0 Å². The van der Waals surface area contributed by atoms with Crippen LogP contribution in [0.3, 0.4) is 0 Å². The Balaban J connectivity index is 2.41. The van der Waals surface area contributed by atoms with Gasteiger partial charge in [-0.2, -0.15) is 0 Å². The van der Waals surface area contributed by atoms with Crippen molar-refractivity contribution >= 4 is 11.6 Å². The molecule has 0 unspecified atom stereocenters. The number of nitrogens with zero attached hydrogens (tertiary/aromatic N) is 1. The lowest BCUT2D eigenvalue weighted by molar-refractivity contribution is 0.103. The van der Waals surface area contributed by atoms with Crippen molar-refractivity contribution in [2.45, 2.75) is 13.3 Å². The summed E-state index contributed by atoms with van der Waals surface area (Å²) in [5.41, 5.74) is 2.47. The second kappa shape index (κ2) is 5.45. The summed E-state index contributed by atoms with van der Waals surface area (Å²) in [6.45, 7) is 2.08. The minimum absolute atomic E-state index is 0.00255. The highest BCUT2D eigenvalue weighted by molar-refractivity contribution is 6.11. The zero-order valence-electron chi connectivity index (χ0n) is 10.6. The molecular weight excluding hydrogens is 224 g/mol. The van der Waals surface area contributed by atoms with E-state index in [2.05, 4.69) is 17.2 Å². The SMILES string of the molecule is CCc1cccc(C(=O)c2cccnc2NC)c1. The summed E-state index contributed by atoms with van der Waals surface area (Å²) < 4.78 is 0. The molecule has 1 heterocycles. The Kier molecular flexibility index (Phi) is 3.72. The van der Waals surface area contributed by atoms with Crippen LogP contribution >= 0.6 is 0 Å². The van der Waals surface area contributed by atoms with E-state index in [-0.39, 0.29) is 5.78 Å². The maximum absolute atomic E-state index is 12.4. The minimum Gasteiger partial charge on any atom is -0.373 e. The number of aryl methyl sites for hydroxylation is 1. The second-order valence-electron chi connectivity index (χ2n) is 4.03. The van der Waals surface area contributed by atoms with Gasteiger partial charge in [-0.1, -0.05) is 25.1 Å². The van der Waals surface area contributed by atoms with E-state index in [4.69, 9.17) is 0 Å². The molecule has 3 nitrogen and oxygen atoms in total. The number of pyridine rings is 1. The van der Waals surface area contributed by atoms with Gasteiger partial charge in [-0.05, 0) is 30.2 Å². The smallest absolute Gasteiger partial charge is 0.196 e. The first kappa shape index (κ1) is 12.3. The van der Waals surface area contributed by atoms with Gasteiger partial charge in [0.15, 0.2) is 5.78 Å². The topological polar surface area (TPSA) is 42.0 Å². The average Bonchev–Trinajstić information content (AvgIpc) is 2.46. The number of carbonyl (C=O) groups is 1. The van der Waals surface area contributed by atoms with Crippen LogP contribution in [0.15, 0.2) is 42.6 Å². The van der Waals surface area contributed by atoms with Gasteiger partial charge in [0.05, 0.1) is 5.56 Å². The van der Waals surface area contributed by atoms with E-state index in [9.17, 15) is 4.79 Å². The summed E-state index contributed by atoms with van der Waals surface area (Å²) >= 11 is 0. The van der Waals surface area contributed by atoms with Gasteiger partial charge in [-0.25, -0.2) is 4.98 Å². The molecule has 18 heavy (non-hydrogen) atoms. The monoisotopic (exact) mass is 240 g/mol. The lowest BCUT2D eigenvalue weighted by Crippen LogP contribution is -2.07. The molecule has 0 atom stereocenters. The Labute approximate surface area is 107 Å². The molecule has 3 heteroatoms. The van der Waals surface area contributed by atoms with Crippen molar-refractivity contribution in [2.24, 2.45) is 0 Å². The predicted molar refractivity (Wildman–Crippen MR) is 73.0 cm³/mol. The van der Waals surface area contributed by atoms with Crippen molar-refractivity contribution in [3.8, 4) is 0 Å². The number of hydrogen-bond donors (Lipinski definition) is 1. The summed E-state index contributed by atoms with van der Waals surface area (Å²) in [6.07, 6.45) is 2.60. The molecule has 0 amide bonds.